The second kappa shape index (κ2) is 5.51. The van der Waals surface area contributed by atoms with E-state index in [9.17, 15) is 9.50 Å². The molecular formula is C17H14ClFO2. The maximum absolute atomic E-state index is 13.9. The Morgan fingerprint density at radius 2 is 2.05 bits per heavy atom. The summed E-state index contributed by atoms with van der Waals surface area (Å²) in [6.07, 6.45) is -0.795. The second-order valence-corrected chi connectivity index (χ2v) is 5.53. The third-order valence-corrected chi connectivity index (χ3v) is 3.76. The molecule has 2 aromatic carbocycles. The van der Waals surface area contributed by atoms with Gasteiger partial charge >= 0.3 is 0 Å². The molecule has 3 rings (SSSR count). The molecule has 108 valence electrons. The van der Waals surface area contributed by atoms with E-state index in [-0.39, 0.29) is 11.4 Å². The molecule has 0 saturated carbocycles. The molecule has 2 nitrogen and oxygen atoms in total. The zero-order valence-electron chi connectivity index (χ0n) is 11.4. The van der Waals surface area contributed by atoms with Crippen molar-refractivity contribution in [2.24, 2.45) is 0 Å². The molecule has 0 aliphatic carbocycles. The van der Waals surface area contributed by atoms with E-state index in [2.05, 4.69) is 0 Å². The molecule has 3 aromatic rings. The van der Waals surface area contributed by atoms with Gasteiger partial charge in [-0.25, -0.2) is 4.39 Å². The van der Waals surface area contributed by atoms with Gasteiger partial charge in [-0.2, -0.15) is 0 Å². The Morgan fingerprint density at radius 3 is 2.86 bits per heavy atom. The lowest BCUT2D eigenvalue weighted by Gasteiger charge is -2.09. The first-order chi connectivity index (χ1) is 10.0. The molecule has 1 aromatic heterocycles. The summed E-state index contributed by atoms with van der Waals surface area (Å²) < 4.78 is 19.5. The molecule has 0 spiro atoms. The molecule has 0 radical (unpaired) electrons. The molecule has 0 fully saturated rings. The number of rotatable bonds is 3. The van der Waals surface area contributed by atoms with Gasteiger partial charge in [0.1, 0.15) is 23.3 Å². The Balaban J connectivity index is 1.89. The Bertz CT molecular complexity index is 795. The van der Waals surface area contributed by atoms with Crippen molar-refractivity contribution in [2.75, 3.05) is 0 Å². The number of hydrogen-bond donors (Lipinski definition) is 1. The topological polar surface area (TPSA) is 33.4 Å². The van der Waals surface area contributed by atoms with Crippen molar-refractivity contribution >= 4 is 22.6 Å². The summed E-state index contributed by atoms with van der Waals surface area (Å²) in [5, 5.41) is 11.2. The van der Waals surface area contributed by atoms with Crippen LogP contribution in [0.5, 0.6) is 0 Å². The highest BCUT2D eigenvalue weighted by Gasteiger charge is 2.17. The zero-order chi connectivity index (χ0) is 15.0. The SMILES string of the molecule is Cc1ccc2oc(C(O)Cc3cccc(Cl)c3F)cc2c1. The predicted octanol–water partition coefficient (Wildman–Crippen LogP) is 4.81. The highest BCUT2D eigenvalue weighted by Crippen LogP contribution is 2.28. The van der Waals surface area contributed by atoms with Crippen molar-refractivity contribution in [1.82, 2.24) is 0 Å². The largest absolute Gasteiger partial charge is 0.458 e. The summed E-state index contributed by atoms with van der Waals surface area (Å²) in [6.45, 7) is 1.99. The van der Waals surface area contributed by atoms with Gasteiger partial charge in [-0.1, -0.05) is 35.4 Å². The van der Waals surface area contributed by atoms with Crippen molar-refractivity contribution in [2.45, 2.75) is 19.4 Å². The van der Waals surface area contributed by atoms with Crippen LogP contribution in [0.3, 0.4) is 0 Å². The van der Waals surface area contributed by atoms with Gasteiger partial charge in [0, 0.05) is 11.8 Å². The maximum Gasteiger partial charge on any atom is 0.145 e. The van der Waals surface area contributed by atoms with E-state index in [1.165, 1.54) is 6.07 Å². The Kier molecular flexibility index (Phi) is 3.70. The van der Waals surface area contributed by atoms with Crippen LogP contribution in [-0.4, -0.2) is 5.11 Å². The number of aliphatic hydroxyl groups excluding tert-OH is 1. The van der Waals surface area contributed by atoms with Crippen LogP contribution in [0.2, 0.25) is 5.02 Å². The lowest BCUT2D eigenvalue weighted by molar-refractivity contribution is 0.151. The van der Waals surface area contributed by atoms with Gasteiger partial charge in [-0.3, -0.25) is 0 Å². The minimum Gasteiger partial charge on any atom is -0.458 e. The maximum atomic E-state index is 13.9. The van der Waals surface area contributed by atoms with E-state index < -0.39 is 11.9 Å². The number of halogens is 2. The van der Waals surface area contributed by atoms with Gasteiger partial charge in [-0.05, 0) is 36.8 Å². The summed E-state index contributed by atoms with van der Waals surface area (Å²) in [6, 6.07) is 12.3. The van der Waals surface area contributed by atoms with Gasteiger partial charge < -0.3 is 9.52 Å². The van der Waals surface area contributed by atoms with Crippen LogP contribution in [0.25, 0.3) is 11.0 Å². The van der Waals surface area contributed by atoms with Crippen molar-refractivity contribution in [3.8, 4) is 0 Å². The first kappa shape index (κ1) is 14.1. The average molecular weight is 305 g/mol. The molecule has 0 amide bonds. The third-order valence-electron chi connectivity index (χ3n) is 3.46. The number of hydrogen-bond acceptors (Lipinski definition) is 2. The average Bonchev–Trinajstić information content (AvgIpc) is 2.87. The van der Waals surface area contributed by atoms with Gasteiger partial charge in [0.25, 0.3) is 0 Å². The van der Waals surface area contributed by atoms with Crippen LogP contribution >= 0.6 is 11.6 Å². The lowest BCUT2D eigenvalue weighted by atomic mass is 10.1. The minimum atomic E-state index is -0.911. The summed E-state index contributed by atoms with van der Waals surface area (Å²) >= 11 is 5.74. The fraction of sp³-hybridized carbons (Fsp3) is 0.176. The molecule has 21 heavy (non-hydrogen) atoms. The summed E-state index contributed by atoms with van der Waals surface area (Å²) in [4.78, 5) is 0. The fourth-order valence-corrected chi connectivity index (χ4v) is 2.56. The quantitative estimate of drug-likeness (QED) is 0.753. The van der Waals surface area contributed by atoms with Crippen LogP contribution in [-0.2, 0) is 6.42 Å². The fourth-order valence-electron chi connectivity index (χ4n) is 2.36. The summed E-state index contributed by atoms with van der Waals surface area (Å²) in [7, 11) is 0. The van der Waals surface area contributed by atoms with Crippen LogP contribution in [0.1, 0.15) is 23.0 Å². The Morgan fingerprint density at radius 1 is 1.24 bits per heavy atom. The zero-order valence-corrected chi connectivity index (χ0v) is 12.2. The number of fused-ring (bicyclic) bond motifs is 1. The van der Waals surface area contributed by atoms with Crippen molar-refractivity contribution < 1.29 is 13.9 Å². The van der Waals surface area contributed by atoms with Crippen molar-refractivity contribution in [3.63, 3.8) is 0 Å². The number of aryl methyl sites for hydroxylation is 1. The second-order valence-electron chi connectivity index (χ2n) is 5.12. The molecule has 0 aliphatic heterocycles. The van der Waals surface area contributed by atoms with Crippen LogP contribution < -0.4 is 0 Å². The van der Waals surface area contributed by atoms with Crippen molar-refractivity contribution in [3.05, 3.63) is 70.2 Å². The van der Waals surface area contributed by atoms with E-state index in [1.54, 1.807) is 18.2 Å². The number of benzene rings is 2. The minimum absolute atomic E-state index is 0.0555. The highest BCUT2D eigenvalue weighted by atomic mass is 35.5. The molecule has 0 aliphatic rings. The van der Waals surface area contributed by atoms with Crippen molar-refractivity contribution in [1.29, 1.82) is 0 Å². The molecule has 0 bridgehead atoms. The monoisotopic (exact) mass is 304 g/mol. The first-order valence-corrected chi connectivity index (χ1v) is 7.03. The van der Waals surface area contributed by atoms with Gasteiger partial charge in [0.15, 0.2) is 0 Å². The van der Waals surface area contributed by atoms with E-state index in [1.807, 2.05) is 25.1 Å². The van der Waals surface area contributed by atoms with Gasteiger partial charge in [0.2, 0.25) is 0 Å². The molecule has 1 atom stereocenters. The Hall–Kier alpha value is -1.84. The van der Waals surface area contributed by atoms with E-state index in [0.717, 1.165) is 10.9 Å². The normalized spacial score (nSPS) is 12.8. The molecule has 1 N–H and O–H groups in total. The summed E-state index contributed by atoms with van der Waals surface area (Å²) in [5.41, 5.74) is 2.19. The Labute approximate surface area is 126 Å². The number of aliphatic hydroxyl groups is 1. The van der Waals surface area contributed by atoms with Crippen LogP contribution in [0.4, 0.5) is 4.39 Å². The number of furan rings is 1. The lowest BCUT2D eigenvalue weighted by Crippen LogP contribution is -2.02. The predicted molar refractivity (Wildman–Crippen MR) is 81.0 cm³/mol. The molecule has 4 heteroatoms. The molecule has 1 unspecified atom stereocenters. The molecule has 0 saturated heterocycles. The smallest absolute Gasteiger partial charge is 0.145 e. The molecular weight excluding hydrogens is 291 g/mol. The van der Waals surface area contributed by atoms with Gasteiger partial charge in [0.05, 0.1) is 5.02 Å². The van der Waals surface area contributed by atoms with E-state index >= 15 is 0 Å². The molecule has 1 heterocycles. The summed E-state index contributed by atoms with van der Waals surface area (Å²) in [5.74, 6) is -0.0693. The first-order valence-electron chi connectivity index (χ1n) is 6.65. The van der Waals surface area contributed by atoms with Crippen LogP contribution in [0.15, 0.2) is 46.9 Å². The van der Waals surface area contributed by atoms with E-state index in [0.29, 0.717) is 16.9 Å². The third kappa shape index (κ3) is 2.80. The highest BCUT2D eigenvalue weighted by molar-refractivity contribution is 6.30. The van der Waals surface area contributed by atoms with Gasteiger partial charge in [-0.15, -0.1) is 0 Å². The standard InChI is InChI=1S/C17H14ClFO2/c1-10-5-6-15-12(7-10)9-16(21-15)14(20)8-11-3-2-4-13(18)17(11)19/h2-7,9,14,20H,8H2,1H3. The van der Waals surface area contributed by atoms with Crippen LogP contribution in [0, 0.1) is 12.7 Å². The van der Waals surface area contributed by atoms with E-state index in [4.69, 9.17) is 16.0 Å².